The van der Waals surface area contributed by atoms with Crippen molar-refractivity contribution in [3.05, 3.63) is 0 Å². The van der Waals surface area contributed by atoms with Crippen LogP contribution < -0.4 is 0 Å². The molecule has 0 heterocycles. The molecule has 0 amide bonds. The summed E-state index contributed by atoms with van der Waals surface area (Å²) in [5, 5.41) is 0. The van der Waals surface area contributed by atoms with Crippen molar-refractivity contribution >= 4 is 6.47 Å². The summed E-state index contributed by atoms with van der Waals surface area (Å²) in [5.41, 5.74) is 0. The second-order valence-electron chi connectivity index (χ2n) is 2.28. The molecule has 0 N–H and O–H groups in total. The predicted molar refractivity (Wildman–Crippen MR) is 45.3 cm³/mol. The number of hydrogen-bond donors (Lipinski definition) is 0. The smallest absolute Gasteiger partial charge is 0.295 e. The first-order chi connectivity index (χ1) is 6.31. The van der Waals surface area contributed by atoms with Gasteiger partial charge in [0, 0.05) is 7.11 Å². The van der Waals surface area contributed by atoms with Crippen molar-refractivity contribution in [2.45, 2.75) is 13.2 Å². The molecule has 0 saturated heterocycles. The molecule has 0 rings (SSSR count). The van der Waals surface area contributed by atoms with E-state index in [4.69, 9.17) is 14.2 Å². The molecule has 78 valence electrons. The SMILES string of the molecule is COCCOCCOC(C)OC=O. The lowest BCUT2D eigenvalue weighted by atomic mass is 10.7. The van der Waals surface area contributed by atoms with Crippen molar-refractivity contribution in [2.24, 2.45) is 0 Å². The summed E-state index contributed by atoms with van der Waals surface area (Å²) in [7, 11) is 1.61. The third-order valence-electron chi connectivity index (χ3n) is 1.26. The average Bonchev–Trinajstić information content (AvgIpc) is 2.11. The van der Waals surface area contributed by atoms with Gasteiger partial charge < -0.3 is 18.9 Å². The number of rotatable bonds is 9. The van der Waals surface area contributed by atoms with E-state index < -0.39 is 6.29 Å². The maximum Gasteiger partial charge on any atom is 0.295 e. The van der Waals surface area contributed by atoms with Gasteiger partial charge in [-0.15, -0.1) is 0 Å². The highest BCUT2D eigenvalue weighted by atomic mass is 16.7. The second kappa shape index (κ2) is 9.44. The highest BCUT2D eigenvalue weighted by Gasteiger charge is 1.99. The molecule has 0 aromatic heterocycles. The van der Waals surface area contributed by atoms with Crippen LogP contribution in [0.15, 0.2) is 0 Å². The first kappa shape index (κ1) is 12.3. The van der Waals surface area contributed by atoms with Gasteiger partial charge in [-0.3, -0.25) is 4.79 Å². The molecule has 0 aromatic carbocycles. The lowest BCUT2D eigenvalue weighted by Crippen LogP contribution is -2.16. The fraction of sp³-hybridized carbons (Fsp3) is 0.875. The highest BCUT2D eigenvalue weighted by molar-refractivity contribution is 5.37. The van der Waals surface area contributed by atoms with Gasteiger partial charge in [-0.1, -0.05) is 0 Å². The maximum absolute atomic E-state index is 9.84. The van der Waals surface area contributed by atoms with Crippen LogP contribution in [-0.2, 0) is 23.7 Å². The van der Waals surface area contributed by atoms with Crippen LogP contribution in [0.2, 0.25) is 0 Å². The zero-order valence-corrected chi connectivity index (χ0v) is 8.02. The van der Waals surface area contributed by atoms with Crippen LogP contribution in [-0.4, -0.2) is 46.3 Å². The minimum atomic E-state index is -0.511. The second-order valence-corrected chi connectivity index (χ2v) is 2.28. The Kier molecular flexibility index (Phi) is 8.97. The Morgan fingerprint density at radius 2 is 1.92 bits per heavy atom. The lowest BCUT2D eigenvalue weighted by molar-refractivity contribution is -0.162. The average molecular weight is 192 g/mol. The Labute approximate surface area is 77.9 Å². The van der Waals surface area contributed by atoms with Gasteiger partial charge >= 0.3 is 0 Å². The van der Waals surface area contributed by atoms with Crippen molar-refractivity contribution in [1.82, 2.24) is 0 Å². The first-order valence-electron chi connectivity index (χ1n) is 4.08. The van der Waals surface area contributed by atoms with E-state index in [9.17, 15) is 4.79 Å². The van der Waals surface area contributed by atoms with Gasteiger partial charge in [0.1, 0.15) is 0 Å². The van der Waals surface area contributed by atoms with Gasteiger partial charge in [0.15, 0.2) is 6.29 Å². The molecule has 0 radical (unpaired) electrons. The van der Waals surface area contributed by atoms with E-state index in [1.807, 2.05) is 0 Å². The molecule has 0 aliphatic rings. The minimum Gasteiger partial charge on any atom is -0.438 e. The third-order valence-corrected chi connectivity index (χ3v) is 1.26. The summed E-state index contributed by atoms with van der Waals surface area (Å²) in [4.78, 5) is 9.84. The Balaban J connectivity index is 3.01. The summed E-state index contributed by atoms with van der Waals surface area (Å²) in [6.07, 6.45) is -0.511. The number of ether oxygens (including phenoxy) is 4. The quantitative estimate of drug-likeness (QED) is 0.296. The topological polar surface area (TPSA) is 54.0 Å². The third kappa shape index (κ3) is 9.26. The van der Waals surface area contributed by atoms with Crippen LogP contribution in [0.1, 0.15) is 6.92 Å². The molecule has 0 spiro atoms. The van der Waals surface area contributed by atoms with E-state index in [-0.39, 0.29) is 0 Å². The molecule has 0 aliphatic heterocycles. The number of methoxy groups -OCH3 is 1. The normalized spacial score (nSPS) is 12.5. The number of carbonyl (C=O) groups is 1. The Hall–Kier alpha value is -0.650. The summed E-state index contributed by atoms with van der Waals surface area (Å²) < 4.78 is 19.4. The van der Waals surface area contributed by atoms with Crippen LogP contribution >= 0.6 is 0 Å². The molecular weight excluding hydrogens is 176 g/mol. The minimum absolute atomic E-state index is 0.358. The molecule has 0 aliphatic carbocycles. The molecule has 0 bridgehead atoms. The monoisotopic (exact) mass is 192 g/mol. The van der Waals surface area contributed by atoms with Crippen molar-refractivity contribution < 1.29 is 23.7 Å². The summed E-state index contributed by atoms with van der Waals surface area (Å²) in [5.74, 6) is 0. The molecule has 0 fully saturated rings. The van der Waals surface area contributed by atoms with Crippen LogP contribution in [0.5, 0.6) is 0 Å². The van der Waals surface area contributed by atoms with Gasteiger partial charge in [-0.2, -0.15) is 0 Å². The van der Waals surface area contributed by atoms with Crippen molar-refractivity contribution in [2.75, 3.05) is 33.5 Å². The Bertz CT molecular complexity index is 117. The highest BCUT2D eigenvalue weighted by Crippen LogP contribution is 1.90. The molecule has 1 unspecified atom stereocenters. The molecule has 1 atom stereocenters. The Morgan fingerprint density at radius 3 is 2.54 bits per heavy atom. The van der Waals surface area contributed by atoms with E-state index in [1.54, 1.807) is 14.0 Å². The van der Waals surface area contributed by atoms with E-state index >= 15 is 0 Å². The first-order valence-corrected chi connectivity index (χ1v) is 4.08. The van der Waals surface area contributed by atoms with E-state index in [0.717, 1.165) is 0 Å². The molecule has 5 nitrogen and oxygen atoms in total. The van der Waals surface area contributed by atoms with Gasteiger partial charge in [-0.05, 0) is 6.92 Å². The standard InChI is InChI=1S/C8H16O5/c1-8(13-7-9)12-6-5-11-4-3-10-2/h7-8H,3-6H2,1-2H3. The van der Waals surface area contributed by atoms with Gasteiger partial charge in [0.25, 0.3) is 6.47 Å². The van der Waals surface area contributed by atoms with Gasteiger partial charge in [0.05, 0.1) is 26.4 Å². The van der Waals surface area contributed by atoms with E-state index in [1.165, 1.54) is 0 Å². The predicted octanol–water partition coefficient (Wildman–Crippen LogP) is 0.185. The van der Waals surface area contributed by atoms with E-state index in [0.29, 0.717) is 32.9 Å². The molecule has 13 heavy (non-hydrogen) atoms. The van der Waals surface area contributed by atoms with Crippen LogP contribution in [0, 0.1) is 0 Å². The van der Waals surface area contributed by atoms with E-state index in [2.05, 4.69) is 4.74 Å². The van der Waals surface area contributed by atoms with Crippen molar-refractivity contribution in [1.29, 1.82) is 0 Å². The summed E-state index contributed by atoms with van der Waals surface area (Å²) in [6.45, 7) is 3.98. The maximum atomic E-state index is 9.84. The van der Waals surface area contributed by atoms with Crippen LogP contribution in [0.25, 0.3) is 0 Å². The van der Waals surface area contributed by atoms with Crippen molar-refractivity contribution in [3.63, 3.8) is 0 Å². The van der Waals surface area contributed by atoms with Gasteiger partial charge in [0.2, 0.25) is 0 Å². The summed E-state index contributed by atoms with van der Waals surface area (Å²) >= 11 is 0. The fourth-order valence-corrected chi connectivity index (χ4v) is 0.635. The zero-order chi connectivity index (χ0) is 9.94. The summed E-state index contributed by atoms with van der Waals surface area (Å²) in [6, 6.07) is 0. The molecule has 5 heteroatoms. The molecular formula is C8H16O5. The zero-order valence-electron chi connectivity index (χ0n) is 8.02. The van der Waals surface area contributed by atoms with Crippen molar-refractivity contribution in [3.8, 4) is 0 Å². The number of hydrogen-bond acceptors (Lipinski definition) is 5. The largest absolute Gasteiger partial charge is 0.438 e. The fourth-order valence-electron chi connectivity index (χ4n) is 0.635. The number of carbonyl (C=O) groups excluding carboxylic acids is 1. The van der Waals surface area contributed by atoms with Crippen LogP contribution in [0.3, 0.4) is 0 Å². The van der Waals surface area contributed by atoms with Gasteiger partial charge in [-0.25, -0.2) is 0 Å². The Morgan fingerprint density at radius 1 is 1.23 bits per heavy atom. The van der Waals surface area contributed by atoms with Crippen LogP contribution in [0.4, 0.5) is 0 Å². The molecule has 0 aromatic rings. The molecule has 0 saturated carbocycles. The lowest BCUT2D eigenvalue weighted by Gasteiger charge is -2.10.